The number of carbonyl (C=O) groups excluding carboxylic acids is 1. The van der Waals surface area contributed by atoms with Crippen LogP contribution >= 0.6 is 0 Å². The van der Waals surface area contributed by atoms with Crippen LogP contribution < -0.4 is 0 Å². The molecule has 4 saturated carbocycles. The molecule has 0 spiro atoms. The van der Waals surface area contributed by atoms with Gasteiger partial charge in [-0.15, -0.1) is 0 Å². The average molecular weight is 303 g/mol. The van der Waals surface area contributed by atoms with E-state index in [1.165, 1.54) is 57.8 Å². The maximum absolute atomic E-state index is 13.3. The highest BCUT2D eigenvalue weighted by Gasteiger charge is 2.62. The minimum Gasteiger partial charge on any atom is -0.299 e. The van der Waals surface area contributed by atoms with Crippen molar-refractivity contribution in [3.8, 4) is 0 Å². The first-order valence-corrected chi connectivity index (χ1v) is 10.0. The van der Waals surface area contributed by atoms with Crippen LogP contribution in [0.5, 0.6) is 0 Å². The van der Waals surface area contributed by atoms with Crippen LogP contribution in [0.15, 0.2) is 0 Å². The van der Waals surface area contributed by atoms with Gasteiger partial charge in [0.1, 0.15) is 5.78 Å². The van der Waals surface area contributed by atoms with Gasteiger partial charge in [0.05, 0.1) is 0 Å². The lowest BCUT2D eigenvalue weighted by Crippen LogP contribution is -2.56. The second-order valence-electron chi connectivity index (χ2n) is 9.61. The molecule has 0 saturated heterocycles. The smallest absolute Gasteiger partial charge is 0.137 e. The van der Waals surface area contributed by atoms with Gasteiger partial charge in [0.25, 0.3) is 0 Å². The Morgan fingerprint density at radius 1 is 1.00 bits per heavy atom. The van der Waals surface area contributed by atoms with Gasteiger partial charge < -0.3 is 0 Å². The van der Waals surface area contributed by atoms with E-state index in [1.807, 2.05) is 0 Å². The number of fused-ring (bicyclic) bond motifs is 5. The Morgan fingerprint density at radius 2 is 1.82 bits per heavy atom. The van der Waals surface area contributed by atoms with Crippen LogP contribution in [0.1, 0.15) is 85.0 Å². The molecule has 4 fully saturated rings. The van der Waals surface area contributed by atoms with Crippen molar-refractivity contribution in [1.82, 2.24) is 0 Å². The minimum absolute atomic E-state index is 0.338. The summed E-state index contributed by atoms with van der Waals surface area (Å²) in [5, 5.41) is 0. The molecule has 0 aromatic heterocycles. The Labute approximate surface area is 136 Å². The van der Waals surface area contributed by atoms with E-state index in [0.29, 0.717) is 22.5 Å². The Balaban J connectivity index is 1.69. The minimum atomic E-state index is 0.338. The van der Waals surface area contributed by atoms with E-state index in [9.17, 15) is 4.79 Å². The predicted molar refractivity (Wildman–Crippen MR) is 90.5 cm³/mol. The first-order chi connectivity index (χ1) is 10.5. The van der Waals surface area contributed by atoms with Gasteiger partial charge in [0.2, 0.25) is 0 Å². The fraction of sp³-hybridized carbons (Fsp3) is 0.952. The molecule has 0 aliphatic heterocycles. The van der Waals surface area contributed by atoms with Crippen molar-refractivity contribution in [2.24, 2.45) is 40.4 Å². The lowest BCUT2D eigenvalue weighted by atomic mass is 9.44. The molecule has 4 rings (SSSR count). The second-order valence-corrected chi connectivity index (χ2v) is 9.61. The molecule has 0 bridgehead atoms. The lowest BCUT2D eigenvalue weighted by molar-refractivity contribution is -0.157. The van der Waals surface area contributed by atoms with E-state index < -0.39 is 0 Å². The largest absolute Gasteiger partial charge is 0.299 e. The molecule has 0 aromatic rings. The fourth-order valence-electron chi connectivity index (χ4n) is 7.88. The zero-order valence-corrected chi connectivity index (χ0v) is 14.9. The number of hydrogen-bond donors (Lipinski definition) is 0. The number of ketones is 1. The van der Waals surface area contributed by atoms with Crippen molar-refractivity contribution in [2.45, 2.75) is 85.0 Å². The van der Waals surface area contributed by atoms with E-state index in [-0.39, 0.29) is 0 Å². The van der Waals surface area contributed by atoms with Crippen LogP contribution in [-0.2, 0) is 4.79 Å². The van der Waals surface area contributed by atoms with Gasteiger partial charge in [0, 0.05) is 12.3 Å². The summed E-state index contributed by atoms with van der Waals surface area (Å²) >= 11 is 0. The highest BCUT2D eigenvalue weighted by molar-refractivity contribution is 5.84. The summed E-state index contributed by atoms with van der Waals surface area (Å²) in [6, 6.07) is 0. The van der Waals surface area contributed by atoms with Crippen LogP contribution in [0.4, 0.5) is 0 Å². The third-order valence-corrected chi connectivity index (χ3v) is 8.96. The molecule has 4 aliphatic rings. The van der Waals surface area contributed by atoms with Crippen LogP contribution in [0, 0.1) is 40.4 Å². The number of Topliss-reactive ketones (excluding diaryl/α,β-unsaturated/α-hetero) is 1. The molecular formula is C21H34O. The quantitative estimate of drug-likeness (QED) is 0.614. The van der Waals surface area contributed by atoms with Gasteiger partial charge in [-0.2, -0.15) is 0 Å². The van der Waals surface area contributed by atoms with Crippen molar-refractivity contribution in [1.29, 1.82) is 0 Å². The summed E-state index contributed by atoms with van der Waals surface area (Å²) in [7, 11) is 0. The average Bonchev–Trinajstić information content (AvgIpc) is 2.82. The Kier molecular flexibility index (Phi) is 3.51. The lowest BCUT2D eigenvalue weighted by Gasteiger charge is -2.59. The molecule has 0 heterocycles. The first-order valence-electron chi connectivity index (χ1n) is 10.0. The van der Waals surface area contributed by atoms with Gasteiger partial charge in [-0.1, -0.05) is 40.0 Å². The van der Waals surface area contributed by atoms with Crippen molar-refractivity contribution in [3.63, 3.8) is 0 Å². The van der Waals surface area contributed by atoms with Crippen LogP contribution in [0.2, 0.25) is 0 Å². The Hall–Kier alpha value is -0.330. The zero-order chi connectivity index (χ0) is 15.5. The van der Waals surface area contributed by atoms with E-state index in [0.717, 1.165) is 30.1 Å². The topological polar surface area (TPSA) is 17.1 Å². The van der Waals surface area contributed by atoms with Crippen molar-refractivity contribution < 1.29 is 4.79 Å². The molecular weight excluding hydrogens is 268 g/mol. The van der Waals surface area contributed by atoms with E-state index in [4.69, 9.17) is 0 Å². The van der Waals surface area contributed by atoms with Crippen molar-refractivity contribution in [2.75, 3.05) is 0 Å². The number of carbonyl (C=O) groups is 1. The predicted octanol–water partition coefficient (Wildman–Crippen LogP) is 5.62. The monoisotopic (exact) mass is 302 g/mol. The maximum atomic E-state index is 13.3. The molecule has 1 unspecified atom stereocenters. The summed E-state index contributed by atoms with van der Waals surface area (Å²) in [5.41, 5.74) is 0.689. The molecule has 1 nitrogen and oxygen atoms in total. The molecule has 0 aromatic carbocycles. The normalized spacial score (nSPS) is 54.5. The second kappa shape index (κ2) is 5.08. The van der Waals surface area contributed by atoms with Crippen molar-refractivity contribution >= 4 is 5.78 Å². The molecule has 124 valence electrons. The standard InChI is InChI=1S/C21H34O/c1-4-14-9-11-17-16-10-8-15-7-5-6-12-20(15,2)19(16)18(22)13-21(14,17)3/h14-17,19H,4-13H2,1-3H3/t14-,15?,16-,17-,19+,20-,21+/m0/s1. The third-order valence-electron chi connectivity index (χ3n) is 8.96. The van der Waals surface area contributed by atoms with Gasteiger partial charge in [-0.3, -0.25) is 4.79 Å². The highest BCUT2D eigenvalue weighted by Crippen LogP contribution is 2.66. The summed E-state index contributed by atoms with van der Waals surface area (Å²) in [4.78, 5) is 13.3. The summed E-state index contributed by atoms with van der Waals surface area (Å²) in [6.45, 7) is 7.32. The van der Waals surface area contributed by atoms with Crippen molar-refractivity contribution in [3.05, 3.63) is 0 Å². The SMILES string of the molecule is CC[C@H]1CC[C@H]2[C@@H]3CCC4CCCC[C@]4(C)[C@H]3C(=O)C[C@]12C. The van der Waals surface area contributed by atoms with Gasteiger partial charge in [-0.05, 0) is 73.0 Å². The van der Waals surface area contributed by atoms with Gasteiger partial charge >= 0.3 is 0 Å². The van der Waals surface area contributed by atoms with E-state index >= 15 is 0 Å². The third kappa shape index (κ3) is 1.86. The zero-order valence-electron chi connectivity index (χ0n) is 14.9. The molecule has 0 amide bonds. The molecule has 0 N–H and O–H groups in total. The molecule has 22 heavy (non-hydrogen) atoms. The summed E-state index contributed by atoms with van der Waals surface area (Å²) in [6.07, 6.45) is 13.2. The molecule has 7 atom stereocenters. The maximum Gasteiger partial charge on any atom is 0.137 e. The Morgan fingerprint density at radius 3 is 2.59 bits per heavy atom. The molecule has 1 heteroatoms. The number of rotatable bonds is 1. The molecule has 4 aliphatic carbocycles. The van der Waals surface area contributed by atoms with Crippen LogP contribution in [0.3, 0.4) is 0 Å². The first kappa shape index (κ1) is 15.2. The fourth-order valence-corrected chi connectivity index (χ4v) is 7.88. The summed E-state index contributed by atoms with van der Waals surface area (Å²) in [5.74, 6) is 4.30. The van der Waals surface area contributed by atoms with Crippen LogP contribution in [-0.4, -0.2) is 5.78 Å². The van der Waals surface area contributed by atoms with Gasteiger partial charge in [-0.25, -0.2) is 0 Å². The van der Waals surface area contributed by atoms with Crippen LogP contribution in [0.25, 0.3) is 0 Å². The van der Waals surface area contributed by atoms with Gasteiger partial charge in [0.15, 0.2) is 0 Å². The number of hydrogen-bond acceptors (Lipinski definition) is 1. The Bertz CT molecular complexity index is 469. The van der Waals surface area contributed by atoms with E-state index in [1.54, 1.807) is 0 Å². The van der Waals surface area contributed by atoms with E-state index in [2.05, 4.69) is 20.8 Å². The highest BCUT2D eigenvalue weighted by atomic mass is 16.1. The summed E-state index contributed by atoms with van der Waals surface area (Å²) < 4.78 is 0. The molecule has 0 radical (unpaired) electrons.